The fraction of sp³-hybridized carbons (Fsp3) is 0.100. The van der Waals surface area contributed by atoms with Crippen molar-refractivity contribution in [2.24, 2.45) is 0 Å². The van der Waals surface area contributed by atoms with Crippen LogP contribution < -0.4 is 0 Å². The fourth-order valence-corrected chi connectivity index (χ4v) is 7.27. The quantitative estimate of drug-likeness (QED) is 0.169. The zero-order valence-electron chi connectivity index (χ0n) is 25.7. The molecule has 0 spiro atoms. The summed E-state index contributed by atoms with van der Waals surface area (Å²) in [4.78, 5) is 0. The van der Waals surface area contributed by atoms with Crippen LogP contribution in [0.25, 0.3) is 66.1 Å². The van der Waals surface area contributed by atoms with Gasteiger partial charge in [0.05, 0.1) is 39.0 Å². The van der Waals surface area contributed by atoms with Crippen molar-refractivity contribution < 1.29 is 26.3 Å². The largest absolute Gasteiger partial charge is 0.420 e. The summed E-state index contributed by atoms with van der Waals surface area (Å²) in [5.41, 5.74) is 0.987. The highest BCUT2D eigenvalue weighted by molar-refractivity contribution is 6.12. The molecular weight excluding hydrogens is 622 g/mol. The van der Waals surface area contributed by atoms with Gasteiger partial charge in [-0.3, -0.25) is 0 Å². The van der Waals surface area contributed by atoms with Gasteiger partial charge in [-0.05, 0) is 66.4 Å². The summed E-state index contributed by atoms with van der Waals surface area (Å²) >= 11 is 0. The minimum Gasteiger partial charge on any atom is -0.308 e. The SMILES string of the molecule is Cc1cccc2c3ccccc3n(-c3cc(-c4ccccc4C(F)(F)F)cc(-n4c5ccccc5c5cccc(C)c54)c3C(F)(F)F)c12. The number of hydrogen-bond acceptors (Lipinski definition) is 0. The molecule has 8 rings (SSSR count). The first-order chi connectivity index (χ1) is 22.9. The zero-order valence-corrected chi connectivity index (χ0v) is 25.7. The van der Waals surface area contributed by atoms with Crippen LogP contribution in [-0.2, 0) is 12.4 Å². The van der Waals surface area contributed by atoms with E-state index >= 15 is 13.2 Å². The molecule has 0 N–H and O–H groups in total. The first-order valence-electron chi connectivity index (χ1n) is 15.4. The molecule has 0 aliphatic heterocycles. The molecule has 2 heterocycles. The van der Waals surface area contributed by atoms with Crippen molar-refractivity contribution in [3.8, 4) is 22.5 Å². The molecule has 0 unspecified atom stereocenters. The van der Waals surface area contributed by atoms with Gasteiger partial charge in [0.2, 0.25) is 0 Å². The third-order valence-electron chi connectivity index (χ3n) is 9.20. The van der Waals surface area contributed by atoms with Crippen LogP contribution in [0.3, 0.4) is 0 Å². The Hall–Kier alpha value is -5.50. The van der Waals surface area contributed by atoms with Crippen LogP contribution >= 0.6 is 0 Å². The van der Waals surface area contributed by atoms with Crippen LogP contribution in [0.15, 0.2) is 121 Å². The summed E-state index contributed by atoms with van der Waals surface area (Å²) in [6.45, 7) is 3.65. The van der Waals surface area contributed by atoms with Crippen molar-refractivity contribution in [1.82, 2.24) is 9.13 Å². The van der Waals surface area contributed by atoms with Crippen molar-refractivity contribution in [3.05, 3.63) is 144 Å². The van der Waals surface area contributed by atoms with E-state index in [1.165, 1.54) is 30.3 Å². The standard InChI is InChI=1S/C40H26F6N2/c1-23-11-9-16-29-27-14-4-7-19-32(27)47(37(23)29)34-21-25(26-13-3-6-18-31(26)39(41,42)43)22-35(36(34)40(44,45)46)48-33-20-8-5-15-28(33)30-17-10-12-24(2)38(30)48/h3-22H,1-2H3. The van der Waals surface area contributed by atoms with Crippen LogP contribution in [0.5, 0.6) is 0 Å². The molecule has 2 nitrogen and oxygen atoms in total. The number of alkyl halides is 6. The Morgan fingerprint density at radius 2 is 0.896 bits per heavy atom. The number of rotatable bonds is 3. The Morgan fingerprint density at radius 3 is 1.38 bits per heavy atom. The van der Waals surface area contributed by atoms with E-state index in [0.717, 1.165) is 38.7 Å². The summed E-state index contributed by atoms with van der Waals surface area (Å²) < 4.78 is 94.3. The lowest BCUT2D eigenvalue weighted by Crippen LogP contribution is -2.17. The minimum absolute atomic E-state index is 0.0138. The fourth-order valence-electron chi connectivity index (χ4n) is 7.27. The highest BCUT2D eigenvalue weighted by Gasteiger charge is 2.40. The predicted molar refractivity (Wildman–Crippen MR) is 180 cm³/mol. The van der Waals surface area contributed by atoms with Crippen molar-refractivity contribution in [1.29, 1.82) is 0 Å². The van der Waals surface area contributed by atoms with Crippen molar-refractivity contribution >= 4 is 43.6 Å². The maximum Gasteiger partial charge on any atom is 0.420 e. The van der Waals surface area contributed by atoms with Gasteiger partial charge in [-0.25, -0.2) is 0 Å². The molecule has 0 fully saturated rings. The molecule has 0 amide bonds. The van der Waals surface area contributed by atoms with Gasteiger partial charge >= 0.3 is 12.4 Å². The predicted octanol–water partition coefficient (Wildman–Crippen LogP) is 12.2. The average molecular weight is 649 g/mol. The maximum absolute atomic E-state index is 15.9. The molecule has 48 heavy (non-hydrogen) atoms. The van der Waals surface area contributed by atoms with E-state index in [9.17, 15) is 13.2 Å². The van der Waals surface area contributed by atoms with E-state index in [0.29, 0.717) is 22.1 Å². The number of hydrogen-bond donors (Lipinski definition) is 0. The van der Waals surface area contributed by atoms with Crippen LogP contribution in [0.4, 0.5) is 26.3 Å². The molecule has 0 aliphatic carbocycles. The highest BCUT2D eigenvalue weighted by Crippen LogP contribution is 2.48. The van der Waals surface area contributed by atoms with Crippen molar-refractivity contribution in [2.45, 2.75) is 26.2 Å². The Kier molecular flexibility index (Phi) is 6.54. The Balaban J connectivity index is 1.64. The van der Waals surface area contributed by atoms with Gasteiger partial charge in [0.25, 0.3) is 0 Å². The molecule has 8 heteroatoms. The van der Waals surface area contributed by atoms with E-state index in [2.05, 4.69) is 0 Å². The molecule has 6 aromatic carbocycles. The normalized spacial score (nSPS) is 12.6. The second-order valence-electron chi connectivity index (χ2n) is 12.1. The average Bonchev–Trinajstić information content (AvgIpc) is 3.58. The molecule has 0 saturated carbocycles. The lowest BCUT2D eigenvalue weighted by atomic mass is 9.95. The Bertz CT molecular complexity index is 2420. The van der Waals surface area contributed by atoms with E-state index in [-0.39, 0.29) is 22.5 Å². The smallest absolute Gasteiger partial charge is 0.308 e. The minimum atomic E-state index is -4.91. The lowest BCUT2D eigenvalue weighted by Gasteiger charge is -2.24. The summed E-state index contributed by atoms with van der Waals surface area (Å²) in [5, 5.41) is 2.96. The summed E-state index contributed by atoms with van der Waals surface area (Å²) in [5.74, 6) is 0. The van der Waals surface area contributed by atoms with Gasteiger partial charge in [0, 0.05) is 21.5 Å². The zero-order chi connectivity index (χ0) is 33.5. The highest BCUT2D eigenvalue weighted by atomic mass is 19.4. The molecular formula is C40H26F6N2. The van der Waals surface area contributed by atoms with Crippen molar-refractivity contribution in [3.63, 3.8) is 0 Å². The molecule has 0 saturated heterocycles. The third kappa shape index (κ3) is 4.43. The lowest BCUT2D eigenvalue weighted by molar-refractivity contribution is -0.138. The third-order valence-corrected chi connectivity index (χ3v) is 9.20. The van der Waals surface area contributed by atoms with Gasteiger partial charge in [0.1, 0.15) is 5.56 Å². The Morgan fingerprint density at radius 1 is 0.458 bits per heavy atom. The molecule has 8 aromatic rings. The van der Waals surface area contributed by atoms with Crippen molar-refractivity contribution in [2.75, 3.05) is 0 Å². The summed E-state index contributed by atoms with van der Waals surface area (Å²) in [6, 6.07) is 32.9. The molecule has 0 atom stereocenters. The number of benzene rings is 6. The van der Waals surface area contributed by atoms with Gasteiger partial charge in [0.15, 0.2) is 0 Å². The maximum atomic E-state index is 15.9. The number of halogens is 6. The van der Waals surface area contributed by atoms with Gasteiger partial charge in [-0.1, -0.05) is 91.0 Å². The molecule has 0 radical (unpaired) electrons. The van der Waals surface area contributed by atoms with Gasteiger partial charge in [-0.2, -0.15) is 26.3 Å². The number of nitrogens with zero attached hydrogens (tertiary/aromatic N) is 2. The molecule has 2 aromatic heterocycles. The van der Waals surface area contributed by atoms with Crippen LogP contribution in [-0.4, -0.2) is 9.13 Å². The van der Waals surface area contributed by atoms with Crippen LogP contribution in [0.2, 0.25) is 0 Å². The number of aromatic nitrogens is 2. The second-order valence-corrected chi connectivity index (χ2v) is 12.1. The topological polar surface area (TPSA) is 9.86 Å². The molecule has 0 aliphatic rings. The van der Waals surface area contributed by atoms with Gasteiger partial charge < -0.3 is 9.13 Å². The molecule has 238 valence electrons. The summed E-state index contributed by atoms with van der Waals surface area (Å²) in [6.07, 6.45) is -9.65. The second kappa shape index (κ2) is 10.5. The van der Waals surface area contributed by atoms with E-state index in [1.807, 2.05) is 74.5 Å². The van der Waals surface area contributed by atoms with Gasteiger partial charge in [-0.15, -0.1) is 0 Å². The molecule has 0 bridgehead atoms. The van der Waals surface area contributed by atoms with E-state index in [4.69, 9.17) is 0 Å². The number of para-hydroxylation sites is 4. The van der Waals surface area contributed by atoms with Crippen LogP contribution in [0, 0.1) is 13.8 Å². The van der Waals surface area contributed by atoms with E-state index < -0.39 is 23.5 Å². The van der Waals surface area contributed by atoms with Crippen LogP contribution in [0.1, 0.15) is 22.3 Å². The Labute approximate surface area is 271 Å². The number of fused-ring (bicyclic) bond motifs is 6. The first kappa shape index (κ1) is 29.9. The number of aryl methyl sites for hydroxylation is 2. The summed E-state index contributed by atoms with van der Waals surface area (Å²) in [7, 11) is 0. The van der Waals surface area contributed by atoms with E-state index in [1.54, 1.807) is 33.4 Å². The monoisotopic (exact) mass is 648 g/mol. The first-order valence-corrected chi connectivity index (χ1v) is 15.4.